The average Bonchev–Trinajstić information content (AvgIpc) is 1.82. The molecule has 0 aromatic heterocycles. The van der Waals surface area contributed by atoms with Crippen molar-refractivity contribution in [2.24, 2.45) is 5.73 Å². The zero-order chi connectivity index (χ0) is 9.35. The van der Waals surface area contributed by atoms with E-state index in [1.807, 2.05) is 13.0 Å². The van der Waals surface area contributed by atoms with Gasteiger partial charge in [0.05, 0.1) is 0 Å². The van der Waals surface area contributed by atoms with E-state index in [9.17, 15) is 4.39 Å². The van der Waals surface area contributed by atoms with E-state index in [0.29, 0.717) is 5.56 Å². The lowest BCUT2D eigenvalue weighted by Crippen LogP contribution is -2.30. The van der Waals surface area contributed by atoms with Gasteiger partial charge in [0.15, 0.2) is 0 Å². The molecular weight excluding hydrogens is 153 g/mol. The third-order valence-electron chi connectivity index (χ3n) is 1.87. The second-order valence-corrected chi connectivity index (χ2v) is 3.65. The summed E-state index contributed by atoms with van der Waals surface area (Å²) in [6.45, 7) is 5.48. The number of rotatable bonds is 1. The Hall–Kier alpha value is -0.890. The van der Waals surface area contributed by atoms with Crippen molar-refractivity contribution < 1.29 is 4.39 Å². The monoisotopic (exact) mass is 167 g/mol. The first-order chi connectivity index (χ1) is 5.43. The molecule has 0 saturated heterocycles. The molecule has 0 aliphatic carbocycles. The summed E-state index contributed by atoms with van der Waals surface area (Å²) < 4.78 is 13.3. The number of halogens is 1. The summed E-state index contributed by atoms with van der Waals surface area (Å²) in [6, 6.07) is 5.00. The summed E-state index contributed by atoms with van der Waals surface area (Å²) in [5, 5.41) is 0. The second-order valence-electron chi connectivity index (χ2n) is 3.65. The minimum atomic E-state index is -0.602. The molecule has 0 bridgehead atoms. The minimum Gasteiger partial charge on any atom is -0.322 e. The van der Waals surface area contributed by atoms with Crippen molar-refractivity contribution in [1.29, 1.82) is 0 Å². The summed E-state index contributed by atoms with van der Waals surface area (Å²) in [5.74, 6) is -0.220. The lowest BCUT2D eigenvalue weighted by atomic mass is 9.91. The lowest BCUT2D eigenvalue weighted by molar-refractivity contribution is 0.498. The van der Waals surface area contributed by atoms with Gasteiger partial charge < -0.3 is 5.73 Å². The van der Waals surface area contributed by atoms with Gasteiger partial charge in [0, 0.05) is 11.1 Å². The molecule has 1 aromatic carbocycles. The van der Waals surface area contributed by atoms with E-state index in [2.05, 4.69) is 0 Å². The van der Waals surface area contributed by atoms with Gasteiger partial charge in [-0.2, -0.15) is 0 Å². The van der Waals surface area contributed by atoms with E-state index in [4.69, 9.17) is 5.73 Å². The van der Waals surface area contributed by atoms with Gasteiger partial charge in [-0.25, -0.2) is 4.39 Å². The number of hydrogen-bond acceptors (Lipinski definition) is 1. The van der Waals surface area contributed by atoms with Crippen LogP contribution in [0.15, 0.2) is 18.2 Å². The summed E-state index contributed by atoms with van der Waals surface area (Å²) in [6.07, 6.45) is 0. The maximum Gasteiger partial charge on any atom is 0.128 e. The third-order valence-corrected chi connectivity index (χ3v) is 1.87. The van der Waals surface area contributed by atoms with E-state index in [-0.39, 0.29) is 5.82 Å². The van der Waals surface area contributed by atoms with Gasteiger partial charge in [0.1, 0.15) is 5.82 Å². The van der Waals surface area contributed by atoms with Crippen molar-refractivity contribution in [2.75, 3.05) is 0 Å². The first-order valence-electron chi connectivity index (χ1n) is 3.97. The molecule has 0 aliphatic rings. The smallest absolute Gasteiger partial charge is 0.128 e. The highest BCUT2D eigenvalue weighted by molar-refractivity contribution is 5.32. The normalized spacial score (nSPS) is 11.8. The van der Waals surface area contributed by atoms with Crippen LogP contribution in [0, 0.1) is 12.7 Å². The highest BCUT2D eigenvalue weighted by atomic mass is 19.1. The van der Waals surface area contributed by atoms with Gasteiger partial charge in [0.2, 0.25) is 0 Å². The van der Waals surface area contributed by atoms with Crippen LogP contribution in [0.5, 0.6) is 0 Å². The summed E-state index contributed by atoms with van der Waals surface area (Å²) in [4.78, 5) is 0. The Bertz CT molecular complexity index is 266. The molecular formula is C10H14FN. The molecule has 66 valence electrons. The predicted octanol–water partition coefficient (Wildman–Crippen LogP) is 2.33. The minimum absolute atomic E-state index is 0.220. The molecule has 0 heterocycles. The molecule has 1 nitrogen and oxygen atoms in total. The van der Waals surface area contributed by atoms with Gasteiger partial charge >= 0.3 is 0 Å². The molecule has 0 amide bonds. The van der Waals surface area contributed by atoms with E-state index in [1.54, 1.807) is 19.9 Å². The number of benzene rings is 1. The van der Waals surface area contributed by atoms with E-state index < -0.39 is 5.54 Å². The van der Waals surface area contributed by atoms with Crippen LogP contribution in [-0.2, 0) is 5.54 Å². The molecule has 0 aliphatic heterocycles. The van der Waals surface area contributed by atoms with Gasteiger partial charge in [-0.15, -0.1) is 0 Å². The zero-order valence-electron chi connectivity index (χ0n) is 7.69. The molecule has 0 saturated carbocycles. The van der Waals surface area contributed by atoms with Crippen LogP contribution in [0.4, 0.5) is 4.39 Å². The van der Waals surface area contributed by atoms with Crippen molar-refractivity contribution in [2.45, 2.75) is 26.3 Å². The first kappa shape index (κ1) is 9.20. The fourth-order valence-corrected chi connectivity index (χ4v) is 1.45. The standard InChI is InChI=1S/C10H14FN/c1-7-5-4-6-8(11)9(7)10(2,3)12/h4-6H,12H2,1-3H3. The van der Waals surface area contributed by atoms with Crippen molar-refractivity contribution in [3.05, 3.63) is 35.1 Å². The second kappa shape index (κ2) is 2.87. The Morgan fingerprint density at radius 3 is 2.25 bits per heavy atom. The zero-order valence-corrected chi connectivity index (χ0v) is 7.69. The Balaban J connectivity index is 3.31. The van der Waals surface area contributed by atoms with E-state index in [0.717, 1.165) is 5.56 Å². The fraction of sp³-hybridized carbons (Fsp3) is 0.400. The highest BCUT2D eigenvalue weighted by Gasteiger charge is 2.20. The molecule has 1 rings (SSSR count). The summed E-state index contributed by atoms with van der Waals surface area (Å²) in [5.41, 5.74) is 6.72. The predicted molar refractivity (Wildman–Crippen MR) is 48.4 cm³/mol. The van der Waals surface area contributed by atoms with Crippen LogP contribution >= 0.6 is 0 Å². The largest absolute Gasteiger partial charge is 0.322 e. The maximum absolute atomic E-state index is 13.3. The molecule has 12 heavy (non-hydrogen) atoms. The Morgan fingerprint density at radius 1 is 1.33 bits per heavy atom. The molecule has 0 unspecified atom stereocenters. The molecule has 0 fully saturated rings. The van der Waals surface area contributed by atoms with Crippen LogP contribution < -0.4 is 5.73 Å². The van der Waals surface area contributed by atoms with Crippen LogP contribution in [0.3, 0.4) is 0 Å². The fourth-order valence-electron chi connectivity index (χ4n) is 1.45. The van der Waals surface area contributed by atoms with Crippen LogP contribution in [0.2, 0.25) is 0 Å². The van der Waals surface area contributed by atoms with E-state index in [1.165, 1.54) is 6.07 Å². The molecule has 0 radical (unpaired) electrons. The Kier molecular flexibility index (Phi) is 2.20. The Morgan fingerprint density at radius 2 is 1.92 bits per heavy atom. The van der Waals surface area contributed by atoms with Crippen molar-refractivity contribution in [1.82, 2.24) is 0 Å². The van der Waals surface area contributed by atoms with Gasteiger partial charge in [-0.1, -0.05) is 12.1 Å². The lowest BCUT2D eigenvalue weighted by Gasteiger charge is -2.22. The van der Waals surface area contributed by atoms with Crippen LogP contribution in [-0.4, -0.2) is 0 Å². The van der Waals surface area contributed by atoms with Crippen molar-refractivity contribution in [3.8, 4) is 0 Å². The average molecular weight is 167 g/mol. The SMILES string of the molecule is Cc1cccc(F)c1C(C)(C)N. The highest BCUT2D eigenvalue weighted by Crippen LogP contribution is 2.23. The molecule has 0 atom stereocenters. The Labute approximate surface area is 72.4 Å². The topological polar surface area (TPSA) is 26.0 Å². The van der Waals surface area contributed by atoms with Crippen LogP contribution in [0.1, 0.15) is 25.0 Å². The molecule has 1 aromatic rings. The number of nitrogens with two attached hydrogens (primary N) is 1. The van der Waals surface area contributed by atoms with Gasteiger partial charge in [-0.05, 0) is 32.4 Å². The van der Waals surface area contributed by atoms with Crippen molar-refractivity contribution >= 4 is 0 Å². The molecule has 2 heteroatoms. The quantitative estimate of drug-likeness (QED) is 0.682. The van der Waals surface area contributed by atoms with Crippen LogP contribution in [0.25, 0.3) is 0 Å². The third kappa shape index (κ3) is 1.64. The maximum atomic E-state index is 13.3. The number of aryl methyl sites for hydroxylation is 1. The number of hydrogen-bond donors (Lipinski definition) is 1. The van der Waals surface area contributed by atoms with Crippen molar-refractivity contribution in [3.63, 3.8) is 0 Å². The van der Waals surface area contributed by atoms with E-state index >= 15 is 0 Å². The molecule has 2 N–H and O–H groups in total. The molecule has 0 spiro atoms. The van der Waals surface area contributed by atoms with Gasteiger partial charge in [0.25, 0.3) is 0 Å². The first-order valence-corrected chi connectivity index (χ1v) is 3.97. The van der Waals surface area contributed by atoms with Gasteiger partial charge in [-0.3, -0.25) is 0 Å². The summed E-state index contributed by atoms with van der Waals surface area (Å²) >= 11 is 0. The summed E-state index contributed by atoms with van der Waals surface area (Å²) in [7, 11) is 0.